The average molecular weight is 1010 g/mol. The van der Waals surface area contributed by atoms with E-state index in [2.05, 4.69) is 154 Å². The molecule has 1 unspecified atom stereocenters. The maximum Gasteiger partial charge on any atom is 0.306 e. The highest BCUT2D eigenvalue weighted by atomic mass is 16.6. The van der Waals surface area contributed by atoms with E-state index in [4.69, 9.17) is 14.2 Å². The van der Waals surface area contributed by atoms with Crippen LogP contribution in [0.4, 0.5) is 0 Å². The lowest BCUT2D eigenvalue weighted by Crippen LogP contribution is -2.30. The molecular formula is C67H108O6. The Balaban J connectivity index is 4.27. The van der Waals surface area contributed by atoms with Crippen LogP contribution in [0.15, 0.2) is 134 Å². The van der Waals surface area contributed by atoms with Crippen LogP contribution in [-0.4, -0.2) is 37.2 Å². The molecule has 0 aromatic rings. The van der Waals surface area contributed by atoms with Gasteiger partial charge in [-0.1, -0.05) is 238 Å². The van der Waals surface area contributed by atoms with Gasteiger partial charge in [0, 0.05) is 19.3 Å². The predicted octanol–water partition coefficient (Wildman–Crippen LogP) is 20.2. The third-order valence-electron chi connectivity index (χ3n) is 12.1. The summed E-state index contributed by atoms with van der Waals surface area (Å²) in [6.07, 6.45) is 84.7. The summed E-state index contributed by atoms with van der Waals surface area (Å²) in [5.41, 5.74) is 0. The summed E-state index contributed by atoms with van der Waals surface area (Å²) >= 11 is 0. The number of esters is 3. The van der Waals surface area contributed by atoms with E-state index in [1.165, 1.54) is 70.6 Å². The van der Waals surface area contributed by atoms with Crippen molar-refractivity contribution in [3.05, 3.63) is 134 Å². The molecule has 1 atom stereocenters. The summed E-state index contributed by atoms with van der Waals surface area (Å²) in [7, 11) is 0. The fourth-order valence-electron chi connectivity index (χ4n) is 7.79. The molecule has 6 heteroatoms. The van der Waals surface area contributed by atoms with Gasteiger partial charge in [-0.15, -0.1) is 0 Å². The molecule has 0 aromatic heterocycles. The quantitative estimate of drug-likeness (QED) is 0.0261. The van der Waals surface area contributed by atoms with Crippen molar-refractivity contribution in [1.82, 2.24) is 0 Å². The van der Waals surface area contributed by atoms with Crippen LogP contribution in [0.5, 0.6) is 0 Å². The molecule has 0 rings (SSSR count). The van der Waals surface area contributed by atoms with Gasteiger partial charge in [0.1, 0.15) is 13.2 Å². The van der Waals surface area contributed by atoms with Gasteiger partial charge in [0.05, 0.1) is 0 Å². The van der Waals surface area contributed by atoms with Crippen molar-refractivity contribution in [2.45, 2.75) is 258 Å². The van der Waals surface area contributed by atoms with Gasteiger partial charge in [-0.3, -0.25) is 14.4 Å². The zero-order valence-corrected chi connectivity index (χ0v) is 47.1. The number of hydrogen-bond acceptors (Lipinski definition) is 6. The highest BCUT2D eigenvalue weighted by Gasteiger charge is 2.19. The summed E-state index contributed by atoms with van der Waals surface area (Å²) in [6, 6.07) is 0. The molecule has 0 N–H and O–H groups in total. The molecule has 0 radical (unpaired) electrons. The first-order valence-electron chi connectivity index (χ1n) is 29.7. The van der Waals surface area contributed by atoms with Crippen molar-refractivity contribution < 1.29 is 28.6 Å². The Bertz CT molecular complexity index is 1580. The summed E-state index contributed by atoms with van der Waals surface area (Å²) in [4.78, 5) is 38.1. The van der Waals surface area contributed by atoms with Crippen LogP contribution >= 0.6 is 0 Å². The second-order valence-corrected chi connectivity index (χ2v) is 19.1. The lowest BCUT2D eigenvalue weighted by atomic mass is 10.0. The normalized spacial score (nSPS) is 13.1. The molecule has 73 heavy (non-hydrogen) atoms. The van der Waals surface area contributed by atoms with E-state index in [1.807, 2.05) is 0 Å². The van der Waals surface area contributed by atoms with Crippen LogP contribution in [0.2, 0.25) is 0 Å². The summed E-state index contributed by atoms with van der Waals surface area (Å²) in [5.74, 6) is -0.968. The topological polar surface area (TPSA) is 78.9 Å². The van der Waals surface area contributed by atoms with E-state index < -0.39 is 6.10 Å². The molecule has 0 saturated carbocycles. The first-order valence-corrected chi connectivity index (χ1v) is 29.7. The van der Waals surface area contributed by atoms with Gasteiger partial charge >= 0.3 is 17.9 Å². The highest BCUT2D eigenvalue weighted by Crippen LogP contribution is 2.15. The van der Waals surface area contributed by atoms with Gasteiger partial charge in [-0.25, -0.2) is 0 Å². The minimum atomic E-state index is -0.809. The Morgan fingerprint density at radius 2 is 0.493 bits per heavy atom. The van der Waals surface area contributed by atoms with Crippen molar-refractivity contribution in [1.29, 1.82) is 0 Å². The molecule has 0 aliphatic rings. The SMILES string of the molecule is CC/C=C\C/C=C\C/C=C\C/C=C\C/C=C\CCCCCCCCCCCCCCCC(=O)OCC(COC(=O)CCCCC/C=C\C/C=C\C/C=C\CC)OC(=O)CCCCC/C=C\C/C=C\C/C=C\CC. The molecule has 0 saturated heterocycles. The summed E-state index contributed by atoms with van der Waals surface area (Å²) in [6.45, 7) is 6.24. The Hall–Kier alpha value is -4.45. The van der Waals surface area contributed by atoms with Crippen LogP contribution < -0.4 is 0 Å². The maximum atomic E-state index is 12.8. The fourth-order valence-corrected chi connectivity index (χ4v) is 7.79. The molecular weight excluding hydrogens is 901 g/mol. The van der Waals surface area contributed by atoms with Crippen LogP contribution in [0, 0.1) is 0 Å². The van der Waals surface area contributed by atoms with Crippen molar-refractivity contribution in [2.75, 3.05) is 13.2 Å². The molecule has 0 aliphatic carbocycles. The van der Waals surface area contributed by atoms with Crippen molar-refractivity contribution in [3.63, 3.8) is 0 Å². The lowest BCUT2D eigenvalue weighted by Gasteiger charge is -2.18. The molecule has 6 nitrogen and oxygen atoms in total. The van der Waals surface area contributed by atoms with Crippen LogP contribution in [0.25, 0.3) is 0 Å². The molecule has 0 fully saturated rings. The standard InChI is InChI=1S/C67H108O6/c1-4-7-10-13-16-19-22-25-26-27-28-29-30-31-32-33-34-35-36-37-38-39-40-43-45-48-51-54-57-60-66(69)72-63-64(73-67(70)61-58-55-52-49-46-42-24-21-18-15-12-9-6-3)62-71-65(68)59-56-53-50-47-44-41-23-20-17-14-11-8-5-2/h7-12,16-21,25-26,28-29,31-32,41-42,44,46,64H,4-6,13-15,22-24,27,30,33-40,43,45,47-63H2,1-3H3/b10-7-,11-8-,12-9-,19-16-,20-17-,21-18-,26-25-,29-28-,32-31-,44-41-,46-42-. The number of rotatable bonds is 52. The second-order valence-electron chi connectivity index (χ2n) is 19.1. The van der Waals surface area contributed by atoms with E-state index in [0.717, 1.165) is 141 Å². The molecule has 0 heterocycles. The number of ether oxygens (including phenoxy) is 3. The fraction of sp³-hybridized carbons (Fsp3) is 0.627. The van der Waals surface area contributed by atoms with Crippen molar-refractivity contribution in [2.24, 2.45) is 0 Å². The minimum absolute atomic E-state index is 0.103. The third-order valence-corrected chi connectivity index (χ3v) is 12.1. The highest BCUT2D eigenvalue weighted by molar-refractivity contribution is 5.71. The van der Waals surface area contributed by atoms with E-state index in [1.54, 1.807) is 0 Å². The first-order chi connectivity index (χ1) is 36.0. The molecule has 0 spiro atoms. The van der Waals surface area contributed by atoms with E-state index in [9.17, 15) is 14.4 Å². The summed E-state index contributed by atoms with van der Waals surface area (Å²) < 4.78 is 16.8. The maximum absolute atomic E-state index is 12.8. The average Bonchev–Trinajstić information content (AvgIpc) is 3.39. The van der Waals surface area contributed by atoms with Gasteiger partial charge in [0.25, 0.3) is 0 Å². The number of allylic oxidation sites excluding steroid dienone is 22. The molecule has 412 valence electrons. The van der Waals surface area contributed by atoms with Gasteiger partial charge in [0.2, 0.25) is 0 Å². The Labute approximate surface area is 449 Å². The van der Waals surface area contributed by atoms with Crippen molar-refractivity contribution in [3.8, 4) is 0 Å². The van der Waals surface area contributed by atoms with Crippen LogP contribution in [0.1, 0.15) is 252 Å². The van der Waals surface area contributed by atoms with Gasteiger partial charge in [-0.05, 0) is 128 Å². The van der Waals surface area contributed by atoms with Gasteiger partial charge in [-0.2, -0.15) is 0 Å². The largest absolute Gasteiger partial charge is 0.462 e. The van der Waals surface area contributed by atoms with E-state index in [-0.39, 0.29) is 37.5 Å². The van der Waals surface area contributed by atoms with Gasteiger partial charge in [0.15, 0.2) is 6.10 Å². The number of hydrogen-bond donors (Lipinski definition) is 0. The first kappa shape index (κ1) is 68.6. The van der Waals surface area contributed by atoms with E-state index in [0.29, 0.717) is 12.8 Å². The second kappa shape index (κ2) is 60.1. The molecule has 0 amide bonds. The lowest BCUT2D eigenvalue weighted by molar-refractivity contribution is -0.167. The molecule has 0 bridgehead atoms. The monoisotopic (exact) mass is 1010 g/mol. The van der Waals surface area contributed by atoms with E-state index >= 15 is 0 Å². The third kappa shape index (κ3) is 58.3. The zero-order valence-electron chi connectivity index (χ0n) is 47.1. The number of carbonyl (C=O) groups is 3. The predicted molar refractivity (Wildman–Crippen MR) is 316 cm³/mol. The summed E-state index contributed by atoms with van der Waals surface area (Å²) in [5, 5.41) is 0. The van der Waals surface area contributed by atoms with Crippen LogP contribution in [0.3, 0.4) is 0 Å². The zero-order chi connectivity index (χ0) is 52.9. The number of carbonyl (C=O) groups excluding carboxylic acids is 3. The van der Waals surface area contributed by atoms with Crippen molar-refractivity contribution >= 4 is 17.9 Å². The minimum Gasteiger partial charge on any atom is -0.462 e. The number of unbranched alkanes of at least 4 members (excludes halogenated alkanes) is 19. The van der Waals surface area contributed by atoms with Gasteiger partial charge < -0.3 is 14.2 Å². The van der Waals surface area contributed by atoms with Crippen LogP contribution in [-0.2, 0) is 28.6 Å². The molecule has 0 aliphatic heterocycles. The Morgan fingerprint density at radius 3 is 0.781 bits per heavy atom. The Morgan fingerprint density at radius 1 is 0.274 bits per heavy atom. The molecule has 0 aromatic carbocycles. The smallest absolute Gasteiger partial charge is 0.306 e. The Kier molecular flexibility index (Phi) is 56.4.